The minimum absolute atomic E-state index is 0.105. The minimum atomic E-state index is -3.63. The van der Waals surface area contributed by atoms with Crippen molar-refractivity contribution in [2.75, 3.05) is 6.54 Å². The summed E-state index contributed by atoms with van der Waals surface area (Å²) in [5.41, 5.74) is 1.64. The number of nitrogens with one attached hydrogen (secondary N) is 1. The SMILES string of the molecule is Cc1cscc1C(=O)NCCc1ccc(S(N)(=O)=O)s1. The van der Waals surface area contributed by atoms with E-state index in [9.17, 15) is 13.2 Å². The Balaban J connectivity index is 1.89. The standard InChI is InChI=1S/C12H14N2O3S3/c1-8-6-18-7-10(8)12(15)14-5-4-9-2-3-11(19-9)20(13,16)17/h2-3,6-7H,4-5H2,1H3,(H,14,15)(H2,13,16,17). The lowest BCUT2D eigenvalue weighted by Crippen LogP contribution is -2.25. The molecule has 0 aliphatic carbocycles. The second-order valence-electron chi connectivity index (χ2n) is 4.24. The number of amides is 1. The van der Waals surface area contributed by atoms with Crippen LogP contribution < -0.4 is 10.5 Å². The van der Waals surface area contributed by atoms with Gasteiger partial charge in [-0.05, 0) is 36.4 Å². The summed E-state index contributed by atoms with van der Waals surface area (Å²) in [6.45, 7) is 2.35. The third-order valence-electron chi connectivity index (χ3n) is 2.67. The van der Waals surface area contributed by atoms with Gasteiger partial charge in [0.1, 0.15) is 4.21 Å². The van der Waals surface area contributed by atoms with Crippen LogP contribution in [0.25, 0.3) is 0 Å². The van der Waals surface area contributed by atoms with Gasteiger partial charge in [-0.3, -0.25) is 4.79 Å². The molecule has 0 fully saturated rings. The van der Waals surface area contributed by atoms with Gasteiger partial charge < -0.3 is 5.32 Å². The van der Waals surface area contributed by atoms with E-state index in [1.807, 2.05) is 17.7 Å². The molecule has 0 aromatic carbocycles. The Labute approximate surface area is 125 Å². The summed E-state index contributed by atoms with van der Waals surface area (Å²) in [4.78, 5) is 12.7. The third-order valence-corrected chi connectivity index (χ3v) is 6.12. The Morgan fingerprint density at radius 1 is 1.35 bits per heavy atom. The van der Waals surface area contributed by atoms with E-state index in [1.165, 1.54) is 17.4 Å². The van der Waals surface area contributed by atoms with Crippen LogP contribution in [0.4, 0.5) is 0 Å². The van der Waals surface area contributed by atoms with Crippen LogP contribution >= 0.6 is 22.7 Å². The Morgan fingerprint density at radius 3 is 2.65 bits per heavy atom. The molecule has 2 aromatic heterocycles. The molecule has 0 aliphatic heterocycles. The molecule has 2 rings (SSSR count). The molecule has 0 aliphatic rings. The van der Waals surface area contributed by atoms with Gasteiger partial charge in [0.15, 0.2) is 0 Å². The van der Waals surface area contributed by atoms with Crippen molar-refractivity contribution in [3.63, 3.8) is 0 Å². The second-order valence-corrected chi connectivity index (χ2v) is 7.94. The Morgan fingerprint density at radius 2 is 2.10 bits per heavy atom. The lowest BCUT2D eigenvalue weighted by molar-refractivity contribution is 0.0954. The summed E-state index contributed by atoms with van der Waals surface area (Å²) >= 11 is 2.62. The predicted octanol–water partition coefficient (Wildman–Crippen LogP) is 1.74. The van der Waals surface area contributed by atoms with Gasteiger partial charge in [-0.2, -0.15) is 11.3 Å². The predicted molar refractivity (Wildman–Crippen MR) is 80.8 cm³/mol. The maximum Gasteiger partial charge on any atom is 0.252 e. The van der Waals surface area contributed by atoms with Gasteiger partial charge in [0.2, 0.25) is 10.0 Å². The quantitative estimate of drug-likeness (QED) is 0.875. The molecule has 0 radical (unpaired) electrons. The van der Waals surface area contributed by atoms with E-state index in [0.29, 0.717) is 18.5 Å². The van der Waals surface area contributed by atoms with E-state index in [2.05, 4.69) is 5.32 Å². The van der Waals surface area contributed by atoms with E-state index in [1.54, 1.807) is 6.07 Å². The van der Waals surface area contributed by atoms with Gasteiger partial charge in [0, 0.05) is 16.8 Å². The zero-order chi connectivity index (χ0) is 14.8. The molecule has 108 valence electrons. The fourth-order valence-electron chi connectivity index (χ4n) is 1.63. The van der Waals surface area contributed by atoms with Crippen LogP contribution in [0, 0.1) is 6.92 Å². The zero-order valence-electron chi connectivity index (χ0n) is 10.8. The highest BCUT2D eigenvalue weighted by molar-refractivity contribution is 7.91. The van der Waals surface area contributed by atoms with Crippen molar-refractivity contribution in [2.45, 2.75) is 17.6 Å². The molecule has 8 heteroatoms. The van der Waals surface area contributed by atoms with E-state index in [0.717, 1.165) is 21.8 Å². The van der Waals surface area contributed by atoms with Crippen molar-refractivity contribution in [3.05, 3.63) is 38.9 Å². The van der Waals surface area contributed by atoms with Gasteiger partial charge in [-0.1, -0.05) is 0 Å². The van der Waals surface area contributed by atoms with Crippen molar-refractivity contribution in [2.24, 2.45) is 5.14 Å². The van der Waals surface area contributed by atoms with E-state index in [-0.39, 0.29) is 10.1 Å². The van der Waals surface area contributed by atoms with Crippen LogP contribution in [0.2, 0.25) is 0 Å². The number of aryl methyl sites for hydroxylation is 1. The fraction of sp³-hybridized carbons (Fsp3) is 0.250. The fourth-order valence-corrected chi connectivity index (χ4v) is 4.24. The van der Waals surface area contributed by atoms with Crippen LogP contribution in [0.5, 0.6) is 0 Å². The van der Waals surface area contributed by atoms with Gasteiger partial charge in [-0.25, -0.2) is 13.6 Å². The van der Waals surface area contributed by atoms with Crippen molar-refractivity contribution >= 4 is 38.6 Å². The maximum atomic E-state index is 11.9. The Kier molecular flexibility index (Phi) is 4.59. The highest BCUT2D eigenvalue weighted by Gasteiger charge is 2.12. The molecular weight excluding hydrogens is 316 g/mol. The lowest BCUT2D eigenvalue weighted by Gasteiger charge is -2.03. The van der Waals surface area contributed by atoms with Gasteiger partial charge in [0.25, 0.3) is 5.91 Å². The topological polar surface area (TPSA) is 89.3 Å². The molecule has 0 spiro atoms. The molecule has 1 amide bonds. The number of sulfonamides is 1. The van der Waals surface area contributed by atoms with Crippen LogP contribution in [-0.2, 0) is 16.4 Å². The van der Waals surface area contributed by atoms with Gasteiger partial charge in [-0.15, -0.1) is 11.3 Å². The highest BCUT2D eigenvalue weighted by atomic mass is 32.2. The first-order valence-electron chi connectivity index (χ1n) is 5.80. The summed E-state index contributed by atoms with van der Waals surface area (Å²) in [6, 6.07) is 3.20. The minimum Gasteiger partial charge on any atom is -0.352 e. The zero-order valence-corrected chi connectivity index (χ0v) is 13.2. The molecule has 2 aromatic rings. The van der Waals surface area contributed by atoms with Crippen molar-refractivity contribution in [3.8, 4) is 0 Å². The van der Waals surface area contributed by atoms with Gasteiger partial charge in [0.05, 0.1) is 5.56 Å². The molecule has 0 atom stereocenters. The molecule has 0 unspecified atom stereocenters. The van der Waals surface area contributed by atoms with Crippen LogP contribution in [-0.4, -0.2) is 20.9 Å². The summed E-state index contributed by atoms with van der Waals surface area (Å²) < 4.78 is 22.4. The van der Waals surface area contributed by atoms with Crippen molar-refractivity contribution < 1.29 is 13.2 Å². The first kappa shape index (κ1) is 15.2. The summed E-state index contributed by atoms with van der Waals surface area (Å²) in [6.07, 6.45) is 0.578. The van der Waals surface area contributed by atoms with E-state index in [4.69, 9.17) is 5.14 Å². The monoisotopic (exact) mass is 330 g/mol. The molecule has 0 bridgehead atoms. The number of rotatable bonds is 5. The average Bonchev–Trinajstić information content (AvgIpc) is 2.97. The first-order valence-corrected chi connectivity index (χ1v) is 9.11. The largest absolute Gasteiger partial charge is 0.352 e. The van der Waals surface area contributed by atoms with Crippen LogP contribution in [0.1, 0.15) is 20.8 Å². The second kappa shape index (κ2) is 6.04. The Hall–Kier alpha value is -1.22. The van der Waals surface area contributed by atoms with Gasteiger partial charge >= 0.3 is 0 Å². The maximum absolute atomic E-state index is 11.9. The number of carbonyl (C=O) groups is 1. The third kappa shape index (κ3) is 3.66. The number of thiophene rings is 2. The average molecular weight is 330 g/mol. The van der Waals surface area contributed by atoms with Crippen molar-refractivity contribution in [1.82, 2.24) is 5.32 Å². The number of nitrogens with two attached hydrogens (primary N) is 1. The molecule has 20 heavy (non-hydrogen) atoms. The smallest absolute Gasteiger partial charge is 0.252 e. The Bertz CT molecular complexity index is 716. The highest BCUT2D eigenvalue weighted by Crippen LogP contribution is 2.20. The number of hydrogen-bond acceptors (Lipinski definition) is 5. The van der Waals surface area contributed by atoms with Crippen LogP contribution in [0.3, 0.4) is 0 Å². The molecule has 0 saturated heterocycles. The van der Waals surface area contributed by atoms with Crippen LogP contribution in [0.15, 0.2) is 27.1 Å². The summed E-state index contributed by atoms with van der Waals surface area (Å²) in [5.74, 6) is -0.105. The summed E-state index contributed by atoms with van der Waals surface area (Å²) in [7, 11) is -3.63. The first-order chi connectivity index (χ1) is 9.38. The number of carbonyl (C=O) groups excluding carboxylic acids is 1. The number of primary sulfonamides is 1. The molecule has 5 nitrogen and oxygen atoms in total. The molecule has 3 N–H and O–H groups in total. The normalized spacial score (nSPS) is 11.5. The molecule has 2 heterocycles. The lowest BCUT2D eigenvalue weighted by atomic mass is 10.2. The summed E-state index contributed by atoms with van der Waals surface area (Å²) in [5, 5.41) is 11.6. The van der Waals surface area contributed by atoms with E-state index < -0.39 is 10.0 Å². The van der Waals surface area contributed by atoms with E-state index >= 15 is 0 Å². The number of hydrogen-bond donors (Lipinski definition) is 2. The van der Waals surface area contributed by atoms with Crippen molar-refractivity contribution in [1.29, 1.82) is 0 Å². The molecule has 0 saturated carbocycles. The molecular formula is C12H14N2O3S3.